The minimum atomic E-state index is -0.292. The van der Waals surface area contributed by atoms with E-state index in [-0.39, 0.29) is 14.9 Å². The first-order chi connectivity index (χ1) is 15.6. The van der Waals surface area contributed by atoms with Crippen molar-refractivity contribution in [2.24, 2.45) is 0 Å². The summed E-state index contributed by atoms with van der Waals surface area (Å²) in [5.74, 6) is 0.396. The van der Waals surface area contributed by atoms with E-state index in [2.05, 4.69) is 35.8 Å². The first-order valence-electron chi connectivity index (χ1n) is 10.5. The highest BCUT2D eigenvalue weighted by atomic mass is 32.1. The lowest BCUT2D eigenvalue weighted by Gasteiger charge is -2.32. The van der Waals surface area contributed by atoms with E-state index in [1.165, 1.54) is 6.21 Å². The summed E-state index contributed by atoms with van der Waals surface area (Å²) in [4.78, 5) is 27.7. The van der Waals surface area contributed by atoms with Crippen molar-refractivity contribution < 1.29 is 7.65 Å². The van der Waals surface area contributed by atoms with Gasteiger partial charge in [0, 0.05) is 56.4 Å². The molecular weight excluding hydrogens is 424 g/mol. The number of rotatable bonds is 7. The number of carbonyl (C=O) groups excluding carboxylic acids is 1. The van der Waals surface area contributed by atoms with Gasteiger partial charge >= 0.3 is 6.03 Å². The van der Waals surface area contributed by atoms with Crippen LogP contribution in [0.4, 0.5) is 22.0 Å². The van der Waals surface area contributed by atoms with Crippen LogP contribution in [0.2, 0.25) is 0 Å². The third-order valence-corrected chi connectivity index (χ3v) is 5.96. The topological polar surface area (TPSA) is 119 Å². The second kappa shape index (κ2) is 10.3. The van der Waals surface area contributed by atoms with Gasteiger partial charge in [0.1, 0.15) is 10.8 Å². The van der Waals surface area contributed by atoms with Crippen molar-refractivity contribution in [3.05, 3.63) is 58.4 Å². The van der Waals surface area contributed by atoms with Gasteiger partial charge in [-0.05, 0) is 44.5 Å². The second-order valence-corrected chi connectivity index (χ2v) is 8.69. The molecule has 0 aromatic carbocycles. The quantitative estimate of drug-likeness (QED) is 0.396. The van der Waals surface area contributed by atoms with Crippen molar-refractivity contribution in [3.63, 3.8) is 0 Å². The number of hydrogen-bond acceptors (Lipinski definition) is 8. The van der Waals surface area contributed by atoms with Crippen molar-refractivity contribution in [1.29, 1.82) is 5.41 Å². The maximum Gasteiger partial charge on any atom is 0.320 e. The van der Waals surface area contributed by atoms with Crippen LogP contribution in [0, 0.1) is 12.3 Å². The van der Waals surface area contributed by atoms with Crippen molar-refractivity contribution in [3.8, 4) is 0 Å². The number of nitrogens with one attached hydrogen (secondary N) is 4. The molecule has 1 aliphatic rings. The standard InChI is InChI=1S/C22H26N8OS.2H2/c1-15-9-17(4-5-24-15)27-19-12-26-20(10-16(19)11-23)29-22(31)28-18-3-2-7-30(13-18)14-21-25-6-8-32-21;;/h4-6,8-12,18,23H,2-3,7,13-14H2,1H3,(H,24,27)(H2,26,28,29,31);2*1H. The van der Waals surface area contributed by atoms with E-state index in [0.29, 0.717) is 17.1 Å². The van der Waals surface area contributed by atoms with Crippen LogP contribution in [0.3, 0.4) is 0 Å². The minimum Gasteiger partial charge on any atom is -0.354 e. The number of likely N-dealkylation sites (tertiary alicyclic amines) is 1. The smallest absolute Gasteiger partial charge is 0.320 e. The Kier molecular flexibility index (Phi) is 7.03. The molecule has 4 N–H and O–H groups in total. The number of aryl methyl sites for hydroxylation is 1. The Balaban J connectivity index is 0.00000204. The van der Waals surface area contributed by atoms with E-state index in [0.717, 1.165) is 48.9 Å². The van der Waals surface area contributed by atoms with Gasteiger partial charge in [0.2, 0.25) is 0 Å². The Morgan fingerprint density at radius 3 is 3.03 bits per heavy atom. The largest absolute Gasteiger partial charge is 0.354 e. The lowest BCUT2D eigenvalue weighted by molar-refractivity contribution is 0.183. The number of hydrogen-bond donors (Lipinski definition) is 4. The van der Waals surface area contributed by atoms with Gasteiger partial charge in [-0.2, -0.15) is 0 Å². The molecule has 0 aliphatic carbocycles. The molecule has 0 bridgehead atoms. The summed E-state index contributed by atoms with van der Waals surface area (Å²) >= 11 is 1.65. The average Bonchev–Trinajstić information content (AvgIpc) is 3.28. The minimum absolute atomic E-state index is 0. The van der Waals surface area contributed by atoms with Crippen molar-refractivity contribution in [2.45, 2.75) is 32.4 Å². The molecule has 1 aliphatic heterocycles. The van der Waals surface area contributed by atoms with E-state index >= 15 is 0 Å². The molecule has 32 heavy (non-hydrogen) atoms. The molecule has 4 rings (SSSR count). The van der Waals surface area contributed by atoms with Crippen LogP contribution in [0.5, 0.6) is 0 Å². The Labute approximate surface area is 193 Å². The van der Waals surface area contributed by atoms with Gasteiger partial charge in [0.05, 0.1) is 18.4 Å². The Hall–Kier alpha value is -3.37. The highest BCUT2D eigenvalue weighted by Crippen LogP contribution is 2.21. The fourth-order valence-electron chi connectivity index (χ4n) is 3.72. The molecule has 1 atom stereocenters. The molecule has 0 radical (unpaired) electrons. The fraction of sp³-hybridized carbons (Fsp3) is 0.318. The Morgan fingerprint density at radius 2 is 2.25 bits per heavy atom. The summed E-state index contributed by atoms with van der Waals surface area (Å²) < 4.78 is 0. The molecule has 0 saturated carbocycles. The summed E-state index contributed by atoms with van der Waals surface area (Å²) in [7, 11) is 0. The van der Waals surface area contributed by atoms with E-state index in [1.807, 2.05) is 30.6 Å². The third kappa shape index (κ3) is 5.86. The second-order valence-electron chi connectivity index (χ2n) is 7.71. The van der Waals surface area contributed by atoms with Crippen molar-refractivity contribution in [1.82, 2.24) is 25.2 Å². The predicted molar refractivity (Wildman–Crippen MR) is 131 cm³/mol. The maximum absolute atomic E-state index is 12.5. The summed E-state index contributed by atoms with van der Waals surface area (Å²) in [6.07, 6.45) is 8.36. The zero-order valence-electron chi connectivity index (χ0n) is 17.8. The average molecular weight is 455 g/mol. The predicted octanol–water partition coefficient (Wildman–Crippen LogP) is 4.26. The number of urea groups is 1. The Morgan fingerprint density at radius 1 is 1.34 bits per heavy atom. The molecule has 3 aromatic heterocycles. The number of pyridine rings is 2. The van der Waals surface area contributed by atoms with E-state index in [4.69, 9.17) is 5.41 Å². The summed E-state index contributed by atoms with van der Waals surface area (Å²) in [6.45, 7) is 4.53. The van der Waals surface area contributed by atoms with Crippen LogP contribution in [0.15, 0.2) is 42.2 Å². The fourth-order valence-corrected chi connectivity index (χ4v) is 4.38. The number of amides is 2. The molecule has 9 nitrogen and oxygen atoms in total. The summed E-state index contributed by atoms with van der Waals surface area (Å²) in [6, 6.07) is 5.22. The number of carbonyl (C=O) groups is 1. The summed E-state index contributed by atoms with van der Waals surface area (Å²) in [5, 5.41) is 19.9. The highest BCUT2D eigenvalue weighted by molar-refractivity contribution is 7.09. The van der Waals surface area contributed by atoms with Gasteiger partial charge in [-0.3, -0.25) is 15.2 Å². The molecule has 0 spiro atoms. The molecule has 2 amide bonds. The monoisotopic (exact) mass is 454 g/mol. The number of anilines is 3. The Bertz CT molecular complexity index is 1080. The number of thiazole rings is 1. The molecular formula is C22H30N8OS. The van der Waals surface area contributed by atoms with Crippen LogP contribution in [0.1, 0.15) is 32.0 Å². The van der Waals surface area contributed by atoms with Gasteiger partial charge in [0.15, 0.2) is 0 Å². The van der Waals surface area contributed by atoms with Crippen LogP contribution >= 0.6 is 11.3 Å². The van der Waals surface area contributed by atoms with Gasteiger partial charge < -0.3 is 16.0 Å². The zero-order chi connectivity index (χ0) is 22.3. The third-order valence-electron chi connectivity index (χ3n) is 5.19. The summed E-state index contributed by atoms with van der Waals surface area (Å²) in [5.41, 5.74) is 3.06. The lowest BCUT2D eigenvalue weighted by atomic mass is 10.1. The lowest BCUT2D eigenvalue weighted by Crippen LogP contribution is -2.48. The molecule has 1 unspecified atom stereocenters. The van der Waals surface area contributed by atoms with E-state index in [1.54, 1.807) is 29.8 Å². The highest BCUT2D eigenvalue weighted by Gasteiger charge is 2.22. The number of piperidine rings is 1. The molecule has 1 saturated heterocycles. The first kappa shape index (κ1) is 21.8. The molecule has 170 valence electrons. The van der Waals surface area contributed by atoms with Crippen LogP contribution < -0.4 is 16.0 Å². The SMILES string of the molecule is Cc1cc(Nc2cnc(NC(=O)NC3CCCN(Cc4nccs4)C3)cc2C=N)ccn1.[HH].[HH]. The molecule has 10 heteroatoms. The normalized spacial score (nSPS) is 16.3. The zero-order valence-corrected chi connectivity index (χ0v) is 18.7. The van der Waals surface area contributed by atoms with Crippen LogP contribution in [0.25, 0.3) is 0 Å². The first-order valence-corrected chi connectivity index (χ1v) is 11.4. The molecule has 4 heterocycles. The number of aromatic nitrogens is 3. The van der Waals surface area contributed by atoms with Crippen LogP contribution in [-0.2, 0) is 6.54 Å². The van der Waals surface area contributed by atoms with Crippen LogP contribution in [-0.4, -0.2) is 51.2 Å². The van der Waals surface area contributed by atoms with E-state index in [9.17, 15) is 4.79 Å². The molecule has 1 fully saturated rings. The van der Waals surface area contributed by atoms with Crippen molar-refractivity contribution in [2.75, 3.05) is 23.7 Å². The molecule has 3 aromatic rings. The van der Waals surface area contributed by atoms with Gasteiger partial charge in [-0.25, -0.2) is 14.8 Å². The van der Waals surface area contributed by atoms with Gasteiger partial charge in [-0.15, -0.1) is 11.3 Å². The number of nitrogens with zero attached hydrogens (tertiary/aromatic N) is 4. The van der Waals surface area contributed by atoms with Gasteiger partial charge in [-0.1, -0.05) is 0 Å². The van der Waals surface area contributed by atoms with E-state index < -0.39 is 0 Å². The van der Waals surface area contributed by atoms with Crippen molar-refractivity contribution >= 4 is 40.8 Å². The maximum atomic E-state index is 12.5. The van der Waals surface area contributed by atoms with Gasteiger partial charge in [0.25, 0.3) is 0 Å².